The molecule has 0 saturated heterocycles. The summed E-state index contributed by atoms with van der Waals surface area (Å²) in [6, 6.07) is 3.75. The second kappa shape index (κ2) is 6.42. The van der Waals surface area contributed by atoms with Crippen LogP contribution in [0.2, 0.25) is 0 Å². The lowest BCUT2D eigenvalue weighted by Gasteiger charge is -2.26. The third-order valence-electron chi connectivity index (χ3n) is 3.61. The van der Waals surface area contributed by atoms with Crippen LogP contribution in [0.25, 0.3) is 0 Å². The summed E-state index contributed by atoms with van der Waals surface area (Å²) >= 11 is 15.4. The average molecular weight is 485 g/mol. The zero-order chi connectivity index (χ0) is 14.9. The maximum absolute atomic E-state index is 12.6. The number of hydrogen-bond donors (Lipinski definition) is 2. The number of carbonyl (C=O) groups excluding carboxylic acids is 1. The Hall–Kier alpha value is 0.0200. The predicted molar refractivity (Wildman–Crippen MR) is 95.9 cm³/mol. The van der Waals surface area contributed by atoms with Crippen molar-refractivity contribution in [3.63, 3.8) is 0 Å². The van der Waals surface area contributed by atoms with Crippen LogP contribution in [0, 0.1) is 5.41 Å². The van der Waals surface area contributed by atoms with Crippen LogP contribution < -0.4 is 11.1 Å². The number of nitrogens with one attached hydrogen (secondary N) is 1. The average Bonchev–Trinajstić information content (AvgIpc) is 2.83. The third kappa shape index (κ3) is 3.10. The van der Waals surface area contributed by atoms with Crippen molar-refractivity contribution in [2.24, 2.45) is 11.1 Å². The molecule has 1 fully saturated rings. The molecule has 2 rings (SSSR count). The normalized spacial score (nSPS) is 16.9. The molecule has 1 aromatic rings. The van der Waals surface area contributed by atoms with Gasteiger partial charge in [0.2, 0.25) is 5.91 Å². The topological polar surface area (TPSA) is 55.1 Å². The van der Waals surface area contributed by atoms with Crippen molar-refractivity contribution in [2.45, 2.75) is 25.7 Å². The first-order valence-electron chi connectivity index (χ1n) is 6.13. The minimum absolute atomic E-state index is 0.119. The quantitative estimate of drug-likeness (QED) is 0.608. The van der Waals surface area contributed by atoms with E-state index in [9.17, 15) is 4.79 Å². The van der Waals surface area contributed by atoms with Crippen molar-refractivity contribution in [3.05, 3.63) is 25.6 Å². The highest BCUT2D eigenvalue weighted by atomic mass is 79.9. The Morgan fingerprint density at radius 3 is 2.15 bits per heavy atom. The van der Waals surface area contributed by atoms with E-state index in [0.29, 0.717) is 5.69 Å². The molecule has 3 N–H and O–H groups in total. The minimum atomic E-state index is -0.707. The van der Waals surface area contributed by atoms with E-state index in [1.54, 1.807) is 0 Å². The van der Waals surface area contributed by atoms with E-state index in [2.05, 4.69) is 53.1 Å². The fourth-order valence-electron chi connectivity index (χ4n) is 2.46. The summed E-state index contributed by atoms with van der Waals surface area (Å²) in [7, 11) is 0. The number of thiocarbonyl (C=S) groups is 1. The molecule has 0 radical (unpaired) electrons. The molecule has 1 aliphatic carbocycles. The Bertz CT molecular complexity index is 548. The summed E-state index contributed by atoms with van der Waals surface area (Å²) < 4.78 is 2.51. The Kier molecular flexibility index (Phi) is 5.26. The molecule has 0 atom stereocenters. The largest absolute Gasteiger partial charge is 0.392 e. The van der Waals surface area contributed by atoms with Gasteiger partial charge in [0.25, 0.3) is 0 Å². The van der Waals surface area contributed by atoms with E-state index in [4.69, 9.17) is 18.0 Å². The van der Waals surface area contributed by atoms with Crippen LogP contribution >= 0.6 is 60.0 Å². The first kappa shape index (κ1) is 16.4. The summed E-state index contributed by atoms with van der Waals surface area (Å²) in [5, 5.41) is 2.95. The molecular weight excluding hydrogens is 472 g/mol. The Morgan fingerprint density at radius 1 is 1.20 bits per heavy atom. The number of halogens is 3. The molecule has 0 aliphatic heterocycles. The van der Waals surface area contributed by atoms with Gasteiger partial charge in [-0.1, -0.05) is 41.0 Å². The van der Waals surface area contributed by atoms with Crippen molar-refractivity contribution < 1.29 is 4.79 Å². The molecule has 7 heteroatoms. The highest BCUT2D eigenvalue weighted by Crippen LogP contribution is 2.41. The molecule has 1 aliphatic rings. The van der Waals surface area contributed by atoms with Gasteiger partial charge in [-0.15, -0.1) is 0 Å². The second-order valence-corrected chi connectivity index (χ2v) is 7.92. The van der Waals surface area contributed by atoms with E-state index in [1.807, 2.05) is 12.1 Å². The molecule has 0 aromatic heterocycles. The van der Waals surface area contributed by atoms with Gasteiger partial charge in [-0.05, 0) is 56.8 Å². The van der Waals surface area contributed by atoms with Gasteiger partial charge in [0.15, 0.2) is 0 Å². The fraction of sp³-hybridized carbons (Fsp3) is 0.385. The van der Waals surface area contributed by atoms with Gasteiger partial charge in [0.1, 0.15) is 0 Å². The molecule has 1 saturated carbocycles. The van der Waals surface area contributed by atoms with E-state index in [0.717, 1.165) is 39.1 Å². The van der Waals surface area contributed by atoms with Gasteiger partial charge in [0.05, 0.1) is 16.1 Å². The van der Waals surface area contributed by atoms with Crippen molar-refractivity contribution >= 4 is 76.6 Å². The lowest BCUT2D eigenvalue weighted by molar-refractivity contribution is -0.122. The monoisotopic (exact) mass is 482 g/mol. The molecule has 0 spiro atoms. The molecule has 20 heavy (non-hydrogen) atoms. The zero-order valence-electron chi connectivity index (χ0n) is 10.5. The standard InChI is InChI=1S/C13H13Br3N2OS/c14-7-5-8(15)10(9(16)6-7)18-12(19)13(11(17)20)3-1-2-4-13/h5-6H,1-4H2,(H2,17,20)(H,18,19). The zero-order valence-corrected chi connectivity index (χ0v) is 16.1. The number of hydrogen-bond acceptors (Lipinski definition) is 2. The third-order valence-corrected chi connectivity index (χ3v) is 5.71. The van der Waals surface area contributed by atoms with Crippen LogP contribution in [0.3, 0.4) is 0 Å². The van der Waals surface area contributed by atoms with Gasteiger partial charge >= 0.3 is 0 Å². The van der Waals surface area contributed by atoms with E-state index in [-0.39, 0.29) is 10.9 Å². The summed E-state index contributed by atoms with van der Waals surface area (Å²) in [4.78, 5) is 12.9. The van der Waals surface area contributed by atoms with Crippen LogP contribution in [0.5, 0.6) is 0 Å². The Balaban J connectivity index is 2.30. The Labute approximate surface area is 148 Å². The number of anilines is 1. The number of benzene rings is 1. The number of nitrogens with two attached hydrogens (primary N) is 1. The molecule has 0 heterocycles. The van der Waals surface area contributed by atoms with Crippen LogP contribution in [0.1, 0.15) is 25.7 Å². The summed E-state index contributed by atoms with van der Waals surface area (Å²) in [6.07, 6.45) is 3.40. The first-order chi connectivity index (χ1) is 9.36. The second-order valence-electron chi connectivity index (χ2n) is 4.85. The lowest BCUT2D eigenvalue weighted by atomic mass is 9.85. The maximum Gasteiger partial charge on any atom is 0.237 e. The van der Waals surface area contributed by atoms with Gasteiger partial charge in [0, 0.05) is 13.4 Å². The molecular formula is C13H13Br3N2OS. The van der Waals surface area contributed by atoms with E-state index < -0.39 is 5.41 Å². The van der Waals surface area contributed by atoms with E-state index >= 15 is 0 Å². The number of carbonyl (C=O) groups is 1. The lowest BCUT2D eigenvalue weighted by Crippen LogP contribution is -2.44. The van der Waals surface area contributed by atoms with Crippen molar-refractivity contribution in [1.29, 1.82) is 0 Å². The van der Waals surface area contributed by atoms with Gasteiger partial charge in [-0.2, -0.15) is 0 Å². The smallest absolute Gasteiger partial charge is 0.237 e. The SMILES string of the molecule is NC(=S)C1(C(=O)Nc2c(Br)cc(Br)cc2Br)CCCC1. The number of amides is 1. The maximum atomic E-state index is 12.6. The number of rotatable bonds is 3. The molecule has 3 nitrogen and oxygen atoms in total. The minimum Gasteiger partial charge on any atom is -0.392 e. The van der Waals surface area contributed by atoms with Crippen LogP contribution in [0.15, 0.2) is 25.6 Å². The van der Waals surface area contributed by atoms with Crippen LogP contribution in [-0.4, -0.2) is 10.9 Å². The van der Waals surface area contributed by atoms with Crippen LogP contribution in [0.4, 0.5) is 5.69 Å². The summed E-state index contributed by atoms with van der Waals surface area (Å²) in [5.74, 6) is -0.119. The van der Waals surface area contributed by atoms with Gasteiger partial charge in [-0.3, -0.25) is 4.79 Å². The summed E-state index contributed by atoms with van der Waals surface area (Å²) in [6.45, 7) is 0. The van der Waals surface area contributed by atoms with E-state index in [1.165, 1.54) is 0 Å². The molecule has 0 unspecified atom stereocenters. The van der Waals surface area contributed by atoms with Gasteiger partial charge < -0.3 is 11.1 Å². The van der Waals surface area contributed by atoms with Crippen LogP contribution in [-0.2, 0) is 4.79 Å². The van der Waals surface area contributed by atoms with Gasteiger partial charge in [-0.25, -0.2) is 0 Å². The molecule has 0 bridgehead atoms. The van der Waals surface area contributed by atoms with Crippen molar-refractivity contribution in [1.82, 2.24) is 0 Å². The first-order valence-corrected chi connectivity index (χ1v) is 8.91. The van der Waals surface area contributed by atoms with Crippen molar-refractivity contribution in [3.8, 4) is 0 Å². The van der Waals surface area contributed by atoms with Crippen molar-refractivity contribution in [2.75, 3.05) is 5.32 Å². The molecule has 1 aromatic carbocycles. The summed E-state index contributed by atoms with van der Waals surface area (Å²) in [5.41, 5.74) is 5.82. The predicted octanol–water partition coefficient (Wildman–Crippen LogP) is 4.76. The fourth-order valence-corrected chi connectivity index (χ4v) is 5.21. The highest BCUT2D eigenvalue weighted by Gasteiger charge is 2.44. The molecule has 108 valence electrons. The molecule has 1 amide bonds. The highest BCUT2D eigenvalue weighted by molar-refractivity contribution is 9.11. The Morgan fingerprint density at radius 2 is 1.70 bits per heavy atom.